The first-order chi connectivity index (χ1) is 8.38. The van der Waals surface area contributed by atoms with Crippen molar-refractivity contribution in [1.82, 2.24) is 14.5 Å². The van der Waals surface area contributed by atoms with Gasteiger partial charge in [-0.2, -0.15) is 4.31 Å². The molecule has 18 heavy (non-hydrogen) atoms. The van der Waals surface area contributed by atoms with E-state index >= 15 is 0 Å². The summed E-state index contributed by atoms with van der Waals surface area (Å²) in [5.74, 6) is -0.339. The molecule has 0 radical (unpaired) electrons. The van der Waals surface area contributed by atoms with E-state index < -0.39 is 16.1 Å². The molecule has 1 aromatic heterocycles. The Hall–Kier alpha value is -1.06. The number of hydrogen-bond acceptors (Lipinski definition) is 6. The maximum Gasteiger partial charge on any atom is 0.244 e. The Kier molecular flexibility index (Phi) is 3.64. The second-order valence-corrected chi connectivity index (χ2v) is 7.26. The first kappa shape index (κ1) is 13.4. The SMILES string of the molecule is Cc1nnc(NC(=O)C2CCCN2S(C)(=O)=O)s1. The Morgan fingerprint density at radius 2 is 2.22 bits per heavy atom. The molecule has 1 saturated heterocycles. The Bertz CT molecular complexity index is 554. The highest BCUT2D eigenvalue weighted by Crippen LogP contribution is 2.22. The summed E-state index contributed by atoms with van der Waals surface area (Å²) in [6.07, 6.45) is 2.35. The van der Waals surface area contributed by atoms with Crippen molar-refractivity contribution in [2.75, 3.05) is 18.1 Å². The molecule has 1 amide bonds. The van der Waals surface area contributed by atoms with E-state index in [4.69, 9.17) is 0 Å². The van der Waals surface area contributed by atoms with Crippen molar-refractivity contribution < 1.29 is 13.2 Å². The number of anilines is 1. The summed E-state index contributed by atoms with van der Waals surface area (Å²) in [6, 6.07) is -0.635. The zero-order chi connectivity index (χ0) is 13.3. The molecule has 9 heteroatoms. The normalized spacial score (nSPS) is 21.1. The predicted octanol–water partition coefficient (Wildman–Crippen LogP) is 0.209. The van der Waals surface area contributed by atoms with Gasteiger partial charge in [0.05, 0.1) is 6.26 Å². The topological polar surface area (TPSA) is 92.3 Å². The summed E-state index contributed by atoms with van der Waals surface area (Å²) in [4.78, 5) is 12.0. The minimum atomic E-state index is -3.34. The van der Waals surface area contributed by atoms with E-state index in [0.717, 1.165) is 11.3 Å². The molecule has 0 aliphatic carbocycles. The molecule has 1 fully saturated rings. The van der Waals surface area contributed by atoms with E-state index in [1.54, 1.807) is 6.92 Å². The number of aromatic nitrogens is 2. The first-order valence-electron chi connectivity index (χ1n) is 5.46. The van der Waals surface area contributed by atoms with Gasteiger partial charge in [0.2, 0.25) is 21.1 Å². The third-order valence-electron chi connectivity index (χ3n) is 2.69. The van der Waals surface area contributed by atoms with Crippen LogP contribution in [0.3, 0.4) is 0 Å². The first-order valence-corrected chi connectivity index (χ1v) is 8.12. The van der Waals surface area contributed by atoms with Gasteiger partial charge in [-0.15, -0.1) is 10.2 Å². The van der Waals surface area contributed by atoms with E-state index in [0.29, 0.717) is 24.5 Å². The third-order valence-corrected chi connectivity index (χ3v) is 4.73. The standard InChI is InChI=1S/C9H14N4O3S2/c1-6-11-12-9(17-6)10-8(14)7-4-3-5-13(7)18(2,15)16/h7H,3-5H2,1-2H3,(H,10,12,14). The van der Waals surface area contributed by atoms with E-state index in [2.05, 4.69) is 15.5 Å². The van der Waals surface area contributed by atoms with Crippen LogP contribution in [-0.2, 0) is 14.8 Å². The molecule has 2 rings (SSSR count). The van der Waals surface area contributed by atoms with E-state index in [1.807, 2.05) is 0 Å². The van der Waals surface area contributed by atoms with Crippen LogP contribution in [0.2, 0.25) is 0 Å². The van der Waals surface area contributed by atoms with Crippen LogP contribution in [0.25, 0.3) is 0 Å². The van der Waals surface area contributed by atoms with Crippen molar-refractivity contribution in [1.29, 1.82) is 0 Å². The lowest BCUT2D eigenvalue weighted by molar-refractivity contribution is -0.119. The maximum atomic E-state index is 12.0. The Morgan fingerprint density at radius 3 is 2.78 bits per heavy atom. The van der Waals surface area contributed by atoms with Crippen LogP contribution in [0.15, 0.2) is 0 Å². The molecule has 1 atom stereocenters. The Balaban J connectivity index is 2.09. The molecule has 0 bridgehead atoms. The van der Waals surface area contributed by atoms with Gasteiger partial charge in [-0.05, 0) is 19.8 Å². The van der Waals surface area contributed by atoms with Crippen molar-refractivity contribution in [3.8, 4) is 0 Å². The van der Waals surface area contributed by atoms with Crippen molar-refractivity contribution >= 4 is 32.4 Å². The van der Waals surface area contributed by atoms with Gasteiger partial charge in [0, 0.05) is 6.54 Å². The molecule has 2 heterocycles. The molecular weight excluding hydrogens is 276 g/mol. The second kappa shape index (κ2) is 4.90. The van der Waals surface area contributed by atoms with Crippen LogP contribution in [0, 0.1) is 6.92 Å². The lowest BCUT2D eigenvalue weighted by Crippen LogP contribution is -2.42. The predicted molar refractivity (Wildman–Crippen MR) is 67.8 cm³/mol. The molecule has 0 spiro atoms. The summed E-state index contributed by atoms with van der Waals surface area (Å²) in [5.41, 5.74) is 0. The highest BCUT2D eigenvalue weighted by molar-refractivity contribution is 7.88. The van der Waals surface area contributed by atoms with Crippen LogP contribution in [0.1, 0.15) is 17.8 Å². The molecule has 0 aromatic carbocycles. The highest BCUT2D eigenvalue weighted by Gasteiger charge is 2.36. The summed E-state index contributed by atoms with van der Waals surface area (Å²) >= 11 is 1.26. The van der Waals surface area contributed by atoms with Gasteiger partial charge in [-0.1, -0.05) is 11.3 Å². The molecule has 1 N–H and O–H groups in total. The van der Waals surface area contributed by atoms with E-state index in [-0.39, 0.29) is 5.91 Å². The molecule has 1 aliphatic rings. The van der Waals surface area contributed by atoms with Crippen LogP contribution in [0.5, 0.6) is 0 Å². The van der Waals surface area contributed by atoms with E-state index in [9.17, 15) is 13.2 Å². The zero-order valence-electron chi connectivity index (χ0n) is 10.1. The minimum Gasteiger partial charge on any atom is -0.299 e. The Morgan fingerprint density at radius 1 is 1.50 bits per heavy atom. The number of rotatable bonds is 3. The number of carbonyl (C=O) groups is 1. The minimum absolute atomic E-state index is 0.339. The molecule has 100 valence electrons. The highest BCUT2D eigenvalue weighted by atomic mass is 32.2. The molecule has 1 aliphatic heterocycles. The average molecular weight is 290 g/mol. The number of carbonyl (C=O) groups excluding carboxylic acids is 1. The Labute approximate surface area is 109 Å². The second-order valence-electron chi connectivity index (χ2n) is 4.15. The number of nitrogens with zero attached hydrogens (tertiary/aromatic N) is 3. The molecule has 0 saturated carbocycles. The van der Waals surface area contributed by atoms with Gasteiger partial charge in [-0.25, -0.2) is 8.42 Å². The number of nitrogens with one attached hydrogen (secondary N) is 1. The molecule has 1 aromatic rings. The largest absolute Gasteiger partial charge is 0.299 e. The number of aryl methyl sites for hydroxylation is 1. The lowest BCUT2D eigenvalue weighted by atomic mass is 10.2. The fraction of sp³-hybridized carbons (Fsp3) is 0.667. The fourth-order valence-electron chi connectivity index (χ4n) is 1.93. The van der Waals surface area contributed by atoms with Gasteiger partial charge in [0.25, 0.3) is 0 Å². The van der Waals surface area contributed by atoms with Gasteiger partial charge in [0.15, 0.2) is 0 Å². The van der Waals surface area contributed by atoms with Gasteiger partial charge in [0.1, 0.15) is 11.0 Å². The van der Waals surface area contributed by atoms with Crippen LogP contribution in [0.4, 0.5) is 5.13 Å². The van der Waals surface area contributed by atoms with Crippen LogP contribution in [-0.4, -0.2) is 47.7 Å². The summed E-state index contributed by atoms with van der Waals surface area (Å²) in [5, 5.41) is 11.3. The van der Waals surface area contributed by atoms with Crippen LogP contribution < -0.4 is 5.32 Å². The smallest absolute Gasteiger partial charge is 0.244 e. The van der Waals surface area contributed by atoms with Gasteiger partial charge in [-0.3, -0.25) is 10.1 Å². The van der Waals surface area contributed by atoms with Gasteiger partial charge < -0.3 is 0 Å². The number of sulfonamides is 1. The van der Waals surface area contributed by atoms with Crippen molar-refractivity contribution in [3.05, 3.63) is 5.01 Å². The third kappa shape index (κ3) is 2.85. The van der Waals surface area contributed by atoms with Crippen molar-refractivity contribution in [2.45, 2.75) is 25.8 Å². The molecule has 1 unspecified atom stereocenters. The summed E-state index contributed by atoms with van der Waals surface area (Å²) in [7, 11) is -3.34. The number of hydrogen-bond donors (Lipinski definition) is 1. The van der Waals surface area contributed by atoms with Crippen molar-refractivity contribution in [3.63, 3.8) is 0 Å². The average Bonchev–Trinajstić information content (AvgIpc) is 2.85. The van der Waals surface area contributed by atoms with Crippen LogP contribution >= 0.6 is 11.3 Å². The molecular formula is C9H14N4O3S2. The number of amides is 1. The zero-order valence-corrected chi connectivity index (χ0v) is 11.7. The molecule has 7 nitrogen and oxygen atoms in total. The maximum absolute atomic E-state index is 12.0. The summed E-state index contributed by atoms with van der Waals surface area (Å²) in [6.45, 7) is 2.18. The quantitative estimate of drug-likeness (QED) is 0.859. The van der Waals surface area contributed by atoms with Gasteiger partial charge >= 0.3 is 0 Å². The fourth-order valence-corrected chi connectivity index (χ4v) is 3.65. The van der Waals surface area contributed by atoms with Crippen molar-refractivity contribution in [2.24, 2.45) is 0 Å². The monoisotopic (exact) mass is 290 g/mol. The lowest BCUT2D eigenvalue weighted by Gasteiger charge is -2.20. The van der Waals surface area contributed by atoms with E-state index in [1.165, 1.54) is 15.6 Å². The summed E-state index contributed by atoms with van der Waals surface area (Å²) < 4.78 is 24.3.